The van der Waals surface area contributed by atoms with Crippen LogP contribution >= 0.6 is 0 Å². The van der Waals surface area contributed by atoms with Crippen molar-refractivity contribution in [3.8, 4) is 0 Å². The van der Waals surface area contributed by atoms with Crippen LogP contribution < -0.4 is 4.90 Å². The van der Waals surface area contributed by atoms with Crippen LogP contribution in [-0.2, 0) is 0 Å². The van der Waals surface area contributed by atoms with E-state index < -0.39 is 6.10 Å². The Labute approximate surface area is 109 Å². The predicted molar refractivity (Wildman–Crippen MR) is 74.5 cm³/mol. The normalized spacial score (nSPS) is 14.4. The Balaban J connectivity index is 3.31. The smallest absolute Gasteiger partial charge is 0.126 e. The van der Waals surface area contributed by atoms with Gasteiger partial charge in [-0.25, -0.2) is 4.39 Å². The van der Waals surface area contributed by atoms with Crippen LogP contribution in [-0.4, -0.2) is 17.7 Å². The Hall–Kier alpha value is -1.09. The zero-order valence-corrected chi connectivity index (χ0v) is 12.0. The van der Waals surface area contributed by atoms with Crippen molar-refractivity contribution < 1.29 is 9.50 Å². The lowest BCUT2D eigenvalue weighted by Crippen LogP contribution is -2.33. The summed E-state index contributed by atoms with van der Waals surface area (Å²) < 4.78 is 13.6. The molecule has 0 aliphatic carbocycles. The summed E-state index contributed by atoms with van der Waals surface area (Å²) in [5.74, 6) is -0.255. The van der Waals surface area contributed by atoms with E-state index in [9.17, 15) is 9.50 Å². The van der Waals surface area contributed by atoms with Crippen LogP contribution in [0.4, 0.5) is 10.1 Å². The third kappa shape index (κ3) is 3.02. The molecule has 0 fully saturated rings. The number of nitrogens with zero attached hydrogens (tertiary/aromatic N) is 1. The molecular weight excluding hydrogens is 229 g/mol. The number of anilines is 1. The maximum absolute atomic E-state index is 13.6. The summed E-state index contributed by atoms with van der Waals surface area (Å²) in [6, 6.07) is 3.67. The van der Waals surface area contributed by atoms with Crippen molar-refractivity contribution in [1.82, 2.24) is 0 Å². The molecule has 1 N–H and O–H groups in total. The first-order chi connectivity index (χ1) is 8.42. The molecule has 0 heterocycles. The van der Waals surface area contributed by atoms with Gasteiger partial charge in [-0.3, -0.25) is 0 Å². The summed E-state index contributed by atoms with van der Waals surface area (Å²) in [5, 5.41) is 9.83. The van der Waals surface area contributed by atoms with E-state index in [4.69, 9.17) is 0 Å². The van der Waals surface area contributed by atoms with Gasteiger partial charge in [0, 0.05) is 23.8 Å². The molecule has 2 atom stereocenters. The zero-order valence-electron chi connectivity index (χ0n) is 12.0. The van der Waals surface area contributed by atoms with Crippen molar-refractivity contribution in [2.24, 2.45) is 0 Å². The van der Waals surface area contributed by atoms with Crippen LogP contribution in [0.25, 0.3) is 0 Å². The summed E-state index contributed by atoms with van der Waals surface area (Å²) in [6.45, 7) is 10.6. The monoisotopic (exact) mass is 253 g/mol. The highest BCUT2D eigenvalue weighted by Crippen LogP contribution is 2.31. The molecule has 0 radical (unpaired) electrons. The quantitative estimate of drug-likeness (QED) is 0.862. The van der Waals surface area contributed by atoms with Crippen molar-refractivity contribution in [2.45, 2.75) is 53.2 Å². The Kier molecular flexibility index (Phi) is 5.15. The average Bonchev–Trinajstić information content (AvgIpc) is 2.33. The Bertz CT molecular complexity index is 404. The van der Waals surface area contributed by atoms with Crippen LogP contribution in [0.1, 0.15) is 51.3 Å². The topological polar surface area (TPSA) is 23.5 Å². The first kappa shape index (κ1) is 15.0. The van der Waals surface area contributed by atoms with Gasteiger partial charge in [-0.15, -0.1) is 0 Å². The molecule has 3 heteroatoms. The van der Waals surface area contributed by atoms with Crippen molar-refractivity contribution in [3.05, 3.63) is 29.1 Å². The van der Waals surface area contributed by atoms with Gasteiger partial charge in [0.2, 0.25) is 0 Å². The summed E-state index contributed by atoms with van der Waals surface area (Å²) in [7, 11) is 0. The number of benzene rings is 1. The highest BCUT2D eigenvalue weighted by atomic mass is 19.1. The number of aliphatic hydroxyl groups excluding tert-OH is 1. The van der Waals surface area contributed by atoms with E-state index in [2.05, 4.69) is 25.7 Å². The first-order valence-corrected chi connectivity index (χ1v) is 6.67. The molecule has 0 saturated carbocycles. The molecular formula is C15H24FNO. The second-order valence-corrected chi connectivity index (χ2v) is 4.88. The van der Waals surface area contributed by atoms with E-state index in [1.807, 2.05) is 6.07 Å². The minimum Gasteiger partial charge on any atom is -0.389 e. The van der Waals surface area contributed by atoms with Gasteiger partial charge in [-0.2, -0.15) is 0 Å². The summed E-state index contributed by atoms with van der Waals surface area (Å²) in [6.07, 6.45) is 0.358. The Morgan fingerprint density at radius 2 is 1.89 bits per heavy atom. The van der Waals surface area contributed by atoms with Crippen molar-refractivity contribution in [2.75, 3.05) is 11.4 Å². The van der Waals surface area contributed by atoms with Gasteiger partial charge >= 0.3 is 0 Å². The molecule has 0 spiro atoms. The highest BCUT2D eigenvalue weighted by molar-refractivity contribution is 5.57. The molecule has 0 aliphatic rings. The molecule has 1 aromatic rings. The highest BCUT2D eigenvalue weighted by Gasteiger charge is 2.19. The van der Waals surface area contributed by atoms with Gasteiger partial charge < -0.3 is 10.0 Å². The molecule has 0 amide bonds. The number of hydrogen-bond acceptors (Lipinski definition) is 2. The average molecular weight is 253 g/mol. The molecule has 0 aliphatic heterocycles. The number of halogens is 1. The summed E-state index contributed by atoms with van der Waals surface area (Å²) in [4.78, 5) is 2.22. The lowest BCUT2D eigenvalue weighted by atomic mass is 10.0. The molecule has 1 unspecified atom stereocenters. The molecule has 0 aromatic heterocycles. The van der Waals surface area contributed by atoms with Gasteiger partial charge in [-0.05, 0) is 51.8 Å². The van der Waals surface area contributed by atoms with Crippen LogP contribution in [0.5, 0.6) is 0 Å². The zero-order chi connectivity index (χ0) is 13.9. The van der Waals surface area contributed by atoms with Crippen LogP contribution in [0.15, 0.2) is 12.1 Å². The lowest BCUT2D eigenvalue weighted by Gasteiger charge is -2.32. The molecule has 0 bridgehead atoms. The molecule has 0 saturated heterocycles. The summed E-state index contributed by atoms with van der Waals surface area (Å²) >= 11 is 0. The second-order valence-electron chi connectivity index (χ2n) is 4.88. The number of hydrogen-bond donors (Lipinski definition) is 1. The molecule has 102 valence electrons. The van der Waals surface area contributed by atoms with E-state index >= 15 is 0 Å². The molecule has 1 aromatic carbocycles. The van der Waals surface area contributed by atoms with Gasteiger partial charge in [0.15, 0.2) is 0 Å². The summed E-state index contributed by atoms with van der Waals surface area (Å²) in [5.41, 5.74) is 2.23. The fraction of sp³-hybridized carbons (Fsp3) is 0.600. The van der Waals surface area contributed by atoms with Gasteiger partial charge in [0.05, 0.1) is 6.10 Å². The van der Waals surface area contributed by atoms with E-state index in [1.54, 1.807) is 13.8 Å². The molecule has 2 nitrogen and oxygen atoms in total. The Morgan fingerprint density at radius 1 is 1.28 bits per heavy atom. The van der Waals surface area contributed by atoms with Crippen LogP contribution in [0.3, 0.4) is 0 Å². The largest absolute Gasteiger partial charge is 0.389 e. The first-order valence-electron chi connectivity index (χ1n) is 6.67. The van der Waals surface area contributed by atoms with Crippen LogP contribution in [0, 0.1) is 12.7 Å². The minimum absolute atomic E-state index is 0.255. The third-order valence-corrected chi connectivity index (χ3v) is 3.53. The lowest BCUT2D eigenvalue weighted by molar-refractivity contribution is 0.199. The fourth-order valence-corrected chi connectivity index (χ4v) is 2.20. The maximum Gasteiger partial charge on any atom is 0.126 e. The number of aliphatic hydroxyl groups is 1. The molecule has 1 rings (SSSR count). The van der Waals surface area contributed by atoms with E-state index in [0.29, 0.717) is 17.2 Å². The van der Waals surface area contributed by atoms with E-state index in [-0.39, 0.29) is 5.82 Å². The third-order valence-electron chi connectivity index (χ3n) is 3.53. The molecule has 18 heavy (non-hydrogen) atoms. The maximum atomic E-state index is 13.6. The van der Waals surface area contributed by atoms with Gasteiger partial charge in [0.1, 0.15) is 5.82 Å². The Morgan fingerprint density at radius 3 is 2.33 bits per heavy atom. The second kappa shape index (κ2) is 6.19. The number of rotatable bonds is 5. The van der Waals surface area contributed by atoms with Crippen LogP contribution in [0.2, 0.25) is 0 Å². The minimum atomic E-state index is -0.659. The van der Waals surface area contributed by atoms with Crippen molar-refractivity contribution in [1.29, 1.82) is 0 Å². The fourth-order valence-electron chi connectivity index (χ4n) is 2.20. The van der Waals surface area contributed by atoms with Crippen molar-refractivity contribution >= 4 is 5.69 Å². The SMILES string of the molecule is CCC(C)N(CC)c1cc(C)c(F)cc1[C@@H](C)O. The predicted octanol–water partition coefficient (Wildman–Crippen LogP) is 3.81. The van der Waals surface area contributed by atoms with Gasteiger partial charge in [0.25, 0.3) is 0 Å². The van der Waals surface area contributed by atoms with Gasteiger partial charge in [-0.1, -0.05) is 6.92 Å². The van der Waals surface area contributed by atoms with E-state index in [1.165, 1.54) is 6.07 Å². The number of aryl methyl sites for hydroxylation is 1. The standard InChI is InChI=1S/C15H24FNO/c1-6-11(4)17(7-2)15-8-10(3)14(16)9-13(15)12(5)18/h8-9,11-12,18H,6-7H2,1-5H3/t11?,12-/m1/s1. The van der Waals surface area contributed by atoms with E-state index in [0.717, 1.165) is 18.7 Å². The van der Waals surface area contributed by atoms with Crippen molar-refractivity contribution in [3.63, 3.8) is 0 Å².